The molecule has 2 rings (SSSR count). The lowest BCUT2D eigenvalue weighted by molar-refractivity contribution is 0.515. The molecule has 0 aliphatic carbocycles. The lowest BCUT2D eigenvalue weighted by atomic mass is 10.2. The van der Waals surface area contributed by atoms with Crippen LogP contribution in [0.2, 0.25) is 0 Å². The molecule has 0 amide bonds. The zero-order chi connectivity index (χ0) is 8.72. The molecule has 0 radical (unpaired) electrons. The average molecular weight is 232 g/mol. The van der Waals surface area contributed by atoms with Gasteiger partial charge in [-0.05, 0) is 34.1 Å². The fourth-order valence-corrected chi connectivity index (χ4v) is 1.55. The van der Waals surface area contributed by atoms with Gasteiger partial charge in [-0.3, -0.25) is 0 Å². The lowest BCUT2D eigenvalue weighted by Crippen LogP contribution is -1.83. The minimum absolute atomic E-state index is 0.196. The first-order valence-corrected chi connectivity index (χ1v) is 4.10. The second-order valence-corrected chi connectivity index (χ2v) is 3.30. The van der Waals surface area contributed by atoms with Crippen molar-refractivity contribution >= 4 is 26.8 Å². The molecule has 1 heterocycles. The third-order valence-electron chi connectivity index (χ3n) is 1.65. The van der Waals surface area contributed by atoms with Crippen LogP contribution in [0.4, 0.5) is 8.78 Å². The van der Waals surface area contributed by atoms with E-state index in [4.69, 9.17) is 0 Å². The standard InChI is InChI=1S/C8H4BrF2N/c9-6-3-4-1-2-5(10)7(11)8(4)12-6/h1-3,12H. The zero-order valence-corrected chi connectivity index (χ0v) is 7.45. The predicted molar refractivity (Wildman–Crippen MR) is 45.9 cm³/mol. The summed E-state index contributed by atoms with van der Waals surface area (Å²) in [5.74, 6) is -1.67. The Morgan fingerprint density at radius 1 is 1.25 bits per heavy atom. The van der Waals surface area contributed by atoms with E-state index in [0.29, 0.717) is 9.99 Å². The van der Waals surface area contributed by atoms with Crippen LogP contribution in [0.5, 0.6) is 0 Å². The number of benzene rings is 1. The van der Waals surface area contributed by atoms with Crippen molar-refractivity contribution in [3.05, 3.63) is 34.4 Å². The van der Waals surface area contributed by atoms with E-state index in [9.17, 15) is 8.78 Å². The normalized spacial score (nSPS) is 10.9. The van der Waals surface area contributed by atoms with E-state index < -0.39 is 11.6 Å². The van der Waals surface area contributed by atoms with Gasteiger partial charge in [0, 0.05) is 5.39 Å². The SMILES string of the molecule is Fc1ccc2cc(Br)[nH]c2c1F. The molecular formula is C8H4BrF2N. The molecule has 1 aromatic heterocycles. The molecule has 0 unspecified atom stereocenters. The van der Waals surface area contributed by atoms with Crippen LogP contribution in [0.15, 0.2) is 22.8 Å². The smallest absolute Gasteiger partial charge is 0.182 e. The topological polar surface area (TPSA) is 15.8 Å². The van der Waals surface area contributed by atoms with E-state index in [0.717, 1.165) is 6.07 Å². The number of nitrogens with one attached hydrogen (secondary N) is 1. The number of hydrogen-bond acceptors (Lipinski definition) is 0. The Balaban J connectivity index is 2.89. The minimum atomic E-state index is -0.836. The number of halogens is 3. The van der Waals surface area contributed by atoms with Crippen molar-refractivity contribution in [2.24, 2.45) is 0 Å². The van der Waals surface area contributed by atoms with Crippen molar-refractivity contribution in [3.8, 4) is 0 Å². The van der Waals surface area contributed by atoms with Crippen LogP contribution >= 0.6 is 15.9 Å². The molecule has 0 saturated heterocycles. The van der Waals surface area contributed by atoms with Gasteiger partial charge in [0.05, 0.1) is 10.1 Å². The van der Waals surface area contributed by atoms with E-state index >= 15 is 0 Å². The van der Waals surface area contributed by atoms with Crippen LogP contribution in [-0.4, -0.2) is 4.98 Å². The Morgan fingerprint density at radius 2 is 2.00 bits per heavy atom. The molecule has 1 nitrogen and oxygen atoms in total. The van der Waals surface area contributed by atoms with E-state index in [1.807, 2.05) is 0 Å². The molecule has 1 N–H and O–H groups in total. The summed E-state index contributed by atoms with van der Waals surface area (Å²) in [6.45, 7) is 0. The molecule has 12 heavy (non-hydrogen) atoms. The Kier molecular flexibility index (Phi) is 1.65. The van der Waals surface area contributed by atoms with Crippen molar-refractivity contribution in [2.75, 3.05) is 0 Å². The zero-order valence-electron chi connectivity index (χ0n) is 5.87. The van der Waals surface area contributed by atoms with E-state index in [2.05, 4.69) is 20.9 Å². The molecule has 0 spiro atoms. The van der Waals surface area contributed by atoms with Gasteiger partial charge >= 0.3 is 0 Å². The second-order valence-electron chi connectivity index (χ2n) is 2.44. The summed E-state index contributed by atoms with van der Waals surface area (Å²) in [7, 11) is 0. The Bertz CT molecular complexity index is 436. The van der Waals surface area contributed by atoms with Crippen LogP contribution in [0.25, 0.3) is 10.9 Å². The summed E-state index contributed by atoms with van der Waals surface area (Å²) >= 11 is 3.14. The van der Waals surface area contributed by atoms with Crippen LogP contribution < -0.4 is 0 Å². The summed E-state index contributed by atoms with van der Waals surface area (Å²) < 4.78 is 26.3. The first-order chi connectivity index (χ1) is 5.68. The number of aromatic nitrogens is 1. The maximum Gasteiger partial charge on any atom is 0.182 e. The molecule has 4 heteroatoms. The van der Waals surface area contributed by atoms with Crippen molar-refractivity contribution in [1.29, 1.82) is 0 Å². The van der Waals surface area contributed by atoms with Gasteiger partial charge in [-0.1, -0.05) is 0 Å². The van der Waals surface area contributed by atoms with Crippen molar-refractivity contribution in [2.45, 2.75) is 0 Å². The van der Waals surface area contributed by atoms with E-state index in [-0.39, 0.29) is 5.52 Å². The maximum atomic E-state index is 13.0. The summed E-state index contributed by atoms with van der Waals surface area (Å²) in [6.07, 6.45) is 0. The van der Waals surface area contributed by atoms with Gasteiger partial charge in [0.2, 0.25) is 0 Å². The molecule has 1 aromatic carbocycles. The number of H-pyrrole nitrogens is 1. The van der Waals surface area contributed by atoms with E-state index in [1.165, 1.54) is 6.07 Å². The molecule has 0 saturated carbocycles. The van der Waals surface area contributed by atoms with Gasteiger partial charge in [0.1, 0.15) is 0 Å². The van der Waals surface area contributed by atoms with Gasteiger partial charge in [-0.25, -0.2) is 8.78 Å². The molecule has 0 atom stereocenters. The van der Waals surface area contributed by atoms with Crippen LogP contribution in [-0.2, 0) is 0 Å². The Hall–Kier alpha value is -0.900. The summed E-state index contributed by atoms with van der Waals surface area (Å²) in [5.41, 5.74) is 0.196. The number of rotatable bonds is 0. The molecule has 0 aliphatic heterocycles. The van der Waals surface area contributed by atoms with Gasteiger partial charge in [0.25, 0.3) is 0 Å². The highest BCUT2D eigenvalue weighted by Crippen LogP contribution is 2.22. The second kappa shape index (κ2) is 2.55. The highest BCUT2D eigenvalue weighted by molar-refractivity contribution is 9.10. The molecule has 62 valence electrons. The fraction of sp³-hybridized carbons (Fsp3) is 0. The van der Waals surface area contributed by atoms with Gasteiger partial charge in [-0.2, -0.15) is 0 Å². The third-order valence-corrected chi connectivity index (χ3v) is 2.08. The largest absolute Gasteiger partial charge is 0.347 e. The van der Waals surface area contributed by atoms with Crippen LogP contribution in [0.3, 0.4) is 0 Å². The first-order valence-electron chi connectivity index (χ1n) is 3.30. The first kappa shape index (κ1) is 7.73. The average Bonchev–Trinajstić information content (AvgIpc) is 2.39. The minimum Gasteiger partial charge on any atom is -0.347 e. The Labute approximate surface area is 75.5 Å². The van der Waals surface area contributed by atoms with Gasteiger partial charge in [-0.15, -0.1) is 0 Å². The molecule has 2 aromatic rings. The quantitative estimate of drug-likeness (QED) is 0.717. The summed E-state index contributed by atoms with van der Waals surface area (Å²) in [4.78, 5) is 2.67. The Morgan fingerprint density at radius 3 is 2.75 bits per heavy atom. The highest BCUT2D eigenvalue weighted by atomic mass is 79.9. The molecular weight excluding hydrogens is 228 g/mol. The van der Waals surface area contributed by atoms with Gasteiger partial charge in [0.15, 0.2) is 11.6 Å². The predicted octanol–water partition coefficient (Wildman–Crippen LogP) is 3.21. The fourth-order valence-electron chi connectivity index (χ4n) is 1.10. The number of aromatic amines is 1. The van der Waals surface area contributed by atoms with Crippen molar-refractivity contribution < 1.29 is 8.78 Å². The molecule has 0 bridgehead atoms. The highest BCUT2D eigenvalue weighted by Gasteiger charge is 2.08. The summed E-state index contributed by atoms with van der Waals surface area (Å²) in [6, 6.07) is 4.32. The monoisotopic (exact) mass is 231 g/mol. The third kappa shape index (κ3) is 1.03. The van der Waals surface area contributed by atoms with Crippen LogP contribution in [0.1, 0.15) is 0 Å². The number of hydrogen-bond donors (Lipinski definition) is 1. The van der Waals surface area contributed by atoms with Gasteiger partial charge < -0.3 is 4.98 Å². The van der Waals surface area contributed by atoms with Crippen molar-refractivity contribution in [1.82, 2.24) is 4.98 Å². The van der Waals surface area contributed by atoms with Crippen LogP contribution in [0, 0.1) is 11.6 Å². The molecule has 0 fully saturated rings. The summed E-state index contributed by atoms with van der Waals surface area (Å²) in [5, 5.41) is 0.653. The van der Waals surface area contributed by atoms with E-state index in [1.54, 1.807) is 6.07 Å². The maximum absolute atomic E-state index is 13.0. The number of fused-ring (bicyclic) bond motifs is 1. The van der Waals surface area contributed by atoms with Crippen molar-refractivity contribution in [3.63, 3.8) is 0 Å². The molecule has 0 aliphatic rings. The lowest BCUT2D eigenvalue weighted by Gasteiger charge is -1.92.